The fourth-order valence-corrected chi connectivity index (χ4v) is 4.00. The van der Waals surface area contributed by atoms with Crippen molar-refractivity contribution in [1.29, 1.82) is 0 Å². The fourth-order valence-electron chi connectivity index (χ4n) is 4.00. The molecular weight excluding hydrogens is 404 g/mol. The molecule has 0 fully saturated rings. The van der Waals surface area contributed by atoms with Crippen LogP contribution in [0.15, 0.2) is 60.8 Å². The molecule has 8 heteroatoms. The number of nitrogens with one attached hydrogen (secondary N) is 1. The molecule has 2 aromatic heterocycles. The van der Waals surface area contributed by atoms with Crippen LogP contribution < -0.4 is 10.1 Å². The van der Waals surface area contributed by atoms with Gasteiger partial charge in [0.25, 0.3) is 5.91 Å². The molecule has 162 valence electrons. The summed E-state index contributed by atoms with van der Waals surface area (Å²) in [5.74, 6) is 1.94. The number of carbonyl (C=O) groups excluding carboxylic acids is 1. The number of fused-ring (bicyclic) bond motifs is 1. The van der Waals surface area contributed by atoms with Crippen molar-refractivity contribution >= 4 is 11.6 Å². The third-order valence-electron chi connectivity index (χ3n) is 5.62. The van der Waals surface area contributed by atoms with Gasteiger partial charge in [0, 0.05) is 24.2 Å². The van der Waals surface area contributed by atoms with Crippen LogP contribution in [0.3, 0.4) is 0 Å². The highest BCUT2D eigenvalue weighted by Gasteiger charge is 2.20. The monoisotopic (exact) mass is 428 g/mol. The van der Waals surface area contributed by atoms with E-state index in [0.717, 1.165) is 48.7 Å². The average molecular weight is 428 g/mol. The highest BCUT2D eigenvalue weighted by Crippen LogP contribution is 2.26. The Hall–Kier alpha value is -3.94. The summed E-state index contributed by atoms with van der Waals surface area (Å²) in [6.07, 6.45) is 6.12. The summed E-state index contributed by atoms with van der Waals surface area (Å²) >= 11 is 0. The van der Waals surface area contributed by atoms with Crippen molar-refractivity contribution < 1.29 is 9.53 Å². The van der Waals surface area contributed by atoms with Gasteiger partial charge in [-0.25, -0.2) is 4.68 Å². The number of ether oxygens (including phenoxy) is 1. The summed E-state index contributed by atoms with van der Waals surface area (Å²) in [6, 6.07) is 17.3. The number of benzene rings is 2. The molecule has 0 spiro atoms. The van der Waals surface area contributed by atoms with E-state index in [0.29, 0.717) is 11.4 Å². The van der Waals surface area contributed by atoms with E-state index in [9.17, 15) is 4.79 Å². The number of para-hydroxylation sites is 1. The third kappa shape index (κ3) is 3.87. The quantitative estimate of drug-likeness (QED) is 0.517. The second-order valence-electron chi connectivity index (χ2n) is 7.76. The van der Waals surface area contributed by atoms with Gasteiger partial charge in [0.2, 0.25) is 0 Å². The Kier molecular flexibility index (Phi) is 5.41. The van der Waals surface area contributed by atoms with Crippen LogP contribution in [0.4, 0.5) is 5.69 Å². The summed E-state index contributed by atoms with van der Waals surface area (Å²) < 4.78 is 9.22. The summed E-state index contributed by atoms with van der Waals surface area (Å²) in [5, 5.41) is 16.2. The molecule has 0 unspecified atom stereocenters. The summed E-state index contributed by atoms with van der Waals surface area (Å²) in [4.78, 5) is 13.0. The molecule has 0 radical (unpaired) electrons. The maximum atomic E-state index is 13.0. The minimum absolute atomic E-state index is 0.220. The largest absolute Gasteiger partial charge is 0.493 e. The lowest BCUT2D eigenvalue weighted by Gasteiger charge is -2.09. The molecular formula is C24H24N6O2. The topological polar surface area (TPSA) is 86.9 Å². The Bertz CT molecular complexity index is 1240. The molecule has 0 bridgehead atoms. The van der Waals surface area contributed by atoms with Gasteiger partial charge in [-0.1, -0.05) is 36.8 Å². The highest BCUT2D eigenvalue weighted by molar-refractivity contribution is 6.05. The zero-order chi connectivity index (χ0) is 21.9. The van der Waals surface area contributed by atoms with Gasteiger partial charge in [0.15, 0.2) is 17.3 Å². The van der Waals surface area contributed by atoms with Gasteiger partial charge in [-0.15, -0.1) is 10.2 Å². The van der Waals surface area contributed by atoms with E-state index < -0.39 is 0 Å². The first-order valence-corrected chi connectivity index (χ1v) is 10.8. The maximum Gasteiger partial charge on any atom is 0.280 e. The molecule has 5 rings (SSSR count). The van der Waals surface area contributed by atoms with Crippen molar-refractivity contribution in [2.45, 2.75) is 32.2 Å². The number of anilines is 1. The maximum absolute atomic E-state index is 13.0. The summed E-state index contributed by atoms with van der Waals surface area (Å²) in [7, 11) is 1.53. The molecule has 8 nitrogen and oxygen atoms in total. The van der Waals surface area contributed by atoms with E-state index in [1.807, 2.05) is 54.6 Å². The molecule has 0 saturated carbocycles. The molecule has 0 atom stereocenters. The van der Waals surface area contributed by atoms with Crippen molar-refractivity contribution in [1.82, 2.24) is 24.5 Å². The van der Waals surface area contributed by atoms with Gasteiger partial charge in [-0.05, 0) is 37.1 Å². The SMILES string of the molecule is COc1cn(-c2ccccc2)nc1C(=O)Nc1cccc(-c2nnc3n2CCCCC3)c1. The average Bonchev–Trinajstić information content (AvgIpc) is 3.37. The van der Waals surface area contributed by atoms with Crippen LogP contribution in [0.2, 0.25) is 0 Å². The van der Waals surface area contributed by atoms with Crippen LogP contribution >= 0.6 is 0 Å². The van der Waals surface area contributed by atoms with Crippen LogP contribution in [0.1, 0.15) is 35.6 Å². The van der Waals surface area contributed by atoms with Crippen molar-refractivity contribution in [3.8, 4) is 22.8 Å². The summed E-state index contributed by atoms with van der Waals surface area (Å²) in [6.45, 7) is 0.919. The van der Waals surface area contributed by atoms with Gasteiger partial charge in [0.05, 0.1) is 19.0 Å². The normalized spacial score (nSPS) is 13.3. The Balaban J connectivity index is 1.40. The van der Waals surface area contributed by atoms with Gasteiger partial charge in [0.1, 0.15) is 5.82 Å². The van der Waals surface area contributed by atoms with Gasteiger partial charge < -0.3 is 14.6 Å². The molecule has 2 aromatic carbocycles. The van der Waals surface area contributed by atoms with Gasteiger partial charge in [-0.3, -0.25) is 4.79 Å². The van der Waals surface area contributed by atoms with Crippen molar-refractivity contribution in [3.63, 3.8) is 0 Å². The summed E-state index contributed by atoms with van der Waals surface area (Å²) in [5.41, 5.74) is 2.65. The van der Waals surface area contributed by atoms with Crippen LogP contribution in [0, 0.1) is 0 Å². The molecule has 1 amide bonds. The molecule has 1 aliphatic rings. The fraction of sp³-hybridized carbons (Fsp3) is 0.250. The lowest BCUT2D eigenvalue weighted by molar-refractivity contribution is 0.101. The number of aromatic nitrogens is 5. The predicted molar refractivity (Wildman–Crippen MR) is 121 cm³/mol. The van der Waals surface area contributed by atoms with Gasteiger partial charge >= 0.3 is 0 Å². The number of carbonyl (C=O) groups is 1. The van der Waals surface area contributed by atoms with E-state index in [1.54, 1.807) is 10.9 Å². The van der Waals surface area contributed by atoms with Crippen LogP contribution in [0.25, 0.3) is 17.1 Å². The zero-order valence-corrected chi connectivity index (χ0v) is 17.9. The van der Waals surface area contributed by atoms with E-state index in [2.05, 4.69) is 25.2 Å². The van der Waals surface area contributed by atoms with E-state index >= 15 is 0 Å². The Morgan fingerprint density at radius 2 is 1.91 bits per heavy atom. The highest BCUT2D eigenvalue weighted by atomic mass is 16.5. The van der Waals surface area contributed by atoms with E-state index in [1.165, 1.54) is 13.5 Å². The number of hydrogen-bond donors (Lipinski definition) is 1. The standard InChI is InChI=1S/C24H24N6O2/c1-32-20-16-30(19-11-4-2-5-12-19)28-22(20)24(31)25-18-10-8-9-17(15-18)23-27-26-21-13-6-3-7-14-29(21)23/h2,4-5,8-12,15-16H,3,6-7,13-14H2,1H3,(H,25,31). The van der Waals surface area contributed by atoms with Crippen molar-refractivity contribution in [2.24, 2.45) is 0 Å². The number of nitrogens with zero attached hydrogens (tertiary/aromatic N) is 5. The molecule has 1 N–H and O–H groups in total. The van der Waals surface area contributed by atoms with Crippen LogP contribution in [-0.4, -0.2) is 37.6 Å². The number of methoxy groups -OCH3 is 1. The molecule has 32 heavy (non-hydrogen) atoms. The zero-order valence-electron chi connectivity index (χ0n) is 17.9. The minimum Gasteiger partial charge on any atom is -0.493 e. The minimum atomic E-state index is -0.339. The molecule has 1 aliphatic heterocycles. The first-order valence-electron chi connectivity index (χ1n) is 10.8. The number of rotatable bonds is 5. The van der Waals surface area contributed by atoms with Crippen molar-refractivity contribution in [3.05, 3.63) is 72.3 Å². The third-order valence-corrected chi connectivity index (χ3v) is 5.62. The Morgan fingerprint density at radius 1 is 1.03 bits per heavy atom. The molecule has 3 heterocycles. The van der Waals surface area contributed by atoms with Crippen molar-refractivity contribution in [2.75, 3.05) is 12.4 Å². The molecule has 4 aromatic rings. The lowest BCUT2D eigenvalue weighted by atomic mass is 10.2. The second-order valence-corrected chi connectivity index (χ2v) is 7.76. The Morgan fingerprint density at radius 3 is 2.75 bits per heavy atom. The Labute approximate surface area is 185 Å². The first-order chi connectivity index (χ1) is 15.7. The predicted octanol–water partition coefficient (Wildman–Crippen LogP) is 4.12. The molecule has 0 aliphatic carbocycles. The first kappa shape index (κ1) is 20.0. The van der Waals surface area contributed by atoms with Crippen LogP contribution in [-0.2, 0) is 13.0 Å². The van der Waals surface area contributed by atoms with E-state index in [4.69, 9.17) is 4.74 Å². The van der Waals surface area contributed by atoms with Gasteiger partial charge in [-0.2, -0.15) is 5.10 Å². The molecule has 0 saturated heterocycles. The van der Waals surface area contributed by atoms with E-state index in [-0.39, 0.29) is 11.6 Å². The number of hydrogen-bond acceptors (Lipinski definition) is 5. The lowest BCUT2D eigenvalue weighted by Crippen LogP contribution is -2.14. The second kappa shape index (κ2) is 8.66. The van der Waals surface area contributed by atoms with Crippen LogP contribution in [0.5, 0.6) is 5.75 Å². The smallest absolute Gasteiger partial charge is 0.280 e. The number of aryl methyl sites for hydroxylation is 1. The number of amides is 1.